The summed E-state index contributed by atoms with van der Waals surface area (Å²) >= 11 is 0.618. The van der Waals surface area contributed by atoms with E-state index in [1.807, 2.05) is 6.07 Å². The van der Waals surface area contributed by atoms with E-state index in [1.54, 1.807) is 54.6 Å². The van der Waals surface area contributed by atoms with Gasteiger partial charge in [0.2, 0.25) is 0 Å². The van der Waals surface area contributed by atoms with Gasteiger partial charge in [0, 0.05) is 5.56 Å². The molecule has 1 atom stereocenters. The van der Waals surface area contributed by atoms with E-state index < -0.39 is 17.3 Å². The monoisotopic (exact) mass is 329 g/mol. The van der Waals surface area contributed by atoms with E-state index in [4.69, 9.17) is 5.11 Å². The lowest BCUT2D eigenvalue weighted by Gasteiger charge is -2.17. The van der Waals surface area contributed by atoms with Crippen LogP contribution in [0.4, 0.5) is 4.79 Å². The van der Waals surface area contributed by atoms with Crippen LogP contribution < -0.4 is 5.32 Å². The zero-order valence-electron chi connectivity index (χ0n) is 12.1. The van der Waals surface area contributed by atoms with Crippen molar-refractivity contribution in [2.75, 3.05) is 5.75 Å². The third-order valence-corrected chi connectivity index (χ3v) is 3.81. The van der Waals surface area contributed by atoms with Crippen LogP contribution >= 0.6 is 11.8 Å². The summed E-state index contributed by atoms with van der Waals surface area (Å²) in [5, 5.41) is 10.7. The maximum absolute atomic E-state index is 12.7. The van der Waals surface area contributed by atoms with Crippen LogP contribution in [0.2, 0.25) is 0 Å². The summed E-state index contributed by atoms with van der Waals surface area (Å²) in [6.45, 7) is 0. The molecule has 0 spiro atoms. The minimum atomic E-state index is -1.09. The molecule has 0 fully saturated rings. The number of carboxylic acid groups (broad SMARTS) is 1. The molecule has 0 aromatic heterocycles. The van der Waals surface area contributed by atoms with Gasteiger partial charge in [-0.3, -0.25) is 14.4 Å². The Bertz CT molecular complexity index is 688. The highest BCUT2D eigenvalue weighted by Crippen LogP contribution is 2.20. The van der Waals surface area contributed by atoms with Gasteiger partial charge >= 0.3 is 5.97 Å². The lowest BCUT2D eigenvalue weighted by atomic mass is 9.98. The summed E-state index contributed by atoms with van der Waals surface area (Å²) in [6, 6.07) is 16.6. The van der Waals surface area contributed by atoms with Gasteiger partial charge in [0.05, 0.1) is 0 Å². The molecule has 2 aromatic carbocycles. The number of Topliss-reactive ketones (excluding diaryl/α,β-unsaturated/α-hetero) is 1. The highest BCUT2D eigenvalue weighted by atomic mass is 32.2. The van der Waals surface area contributed by atoms with Crippen molar-refractivity contribution in [2.45, 2.75) is 6.04 Å². The molecule has 0 saturated heterocycles. The quantitative estimate of drug-likeness (QED) is 0.796. The SMILES string of the molecule is O=C(O)CSC(=O)NC(C(=O)c1ccccc1)c1ccccc1. The molecule has 2 N–H and O–H groups in total. The van der Waals surface area contributed by atoms with Crippen molar-refractivity contribution in [1.82, 2.24) is 5.32 Å². The van der Waals surface area contributed by atoms with Crippen LogP contribution in [0.15, 0.2) is 60.7 Å². The number of nitrogens with one attached hydrogen (secondary N) is 1. The smallest absolute Gasteiger partial charge is 0.314 e. The largest absolute Gasteiger partial charge is 0.481 e. The normalized spacial score (nSPS) is 11.5. The van der Waals surface area contributed by atoms with Crippen molar-refractivity contribution in [3.05, 3.63) is 71.8 Å². The molecule has 1 amide bonds. The molecule has 118 valence electrons. The number of rotatable bonds is 6. The summed E-state index contributed by atoms with van der Waals surface area (Å²) in [6.07, 6.45) is 0. The van der Waals surface area contributed by atoms with E-state index in [0.717, 1.165) is 0 Å². The number of carbonyl (C=O) groups excluding carboxylic acids is 2. The summed E-state index contributed by atoms with van der Waals surface area (Å²) in [7, 11) is 0. The predicted octanol–water partition coefficient (Wildman–Crippen LogP) is 3.14. The van der Waals surface area contributed by atoms with Crippen LogP contribution in [0.1, 0.15) is 22.0 Å². The number of ketones is 1. The molecule has 0 heterocycles. The Kier molecular flexibility index (Phi) is 5.94. The first-order valence-corrected chi connectivity index (χ1v) is 7.86. The number of thioether (sulfide) groups is 1. The minimum absolute atomic E-state index is 0.249. The zero-order valence-corrected chi connectivity index (χ0v) is 13.0. The number of carbonyl (C=O) groups is 3. The second-order valence-electron chi connectivity index (χ2n) is 4.69. The molecule has 0 saturated carbocycles. The Morgan fingerprint density at radius 2 is 1.52 bits per heavy atom. The lowest BCUT2D eigenvalue weighted by Crippen LogP contribution is -2.32. The minimum Gasteiger partial charge on any atom is -0.481 e. The van der Waals surface area contributed by atoms with E-state index in [9.17, 15) is 14.4 Å². The van der Waals surface area contributed by atoms with Gasteiger partial charge in [0.15, 0.2) is 5.78 Å². The van der Waals surface area contributed by atoms with E-state index in [2.05, 4.69) is 5.32 Å². The number of hydrogen-bond acceptors (Lipinski definition) is 4. The van der Waals surface area contributed by atoms with Gasteiger partial charge in [0.1, 0.15) is 11.8 Å². The van der Waals surface area contributed by atoms with Gasteiger partial charge in [-0.1, -0.05) is 72.4 Å². The van der Waals surface area contributed by atoms with Crippen molar-refractivity contribution in [1.29, 1.82) is 0 Å². The van der Waals surface area contributed by atoms with Crippen LogP contribution in [-0.2, 0) is 4.79 Å². The van der Waals surface area contributed by atoms with Crippen molar-refractivity contribution < 1.29 is 19.5 Å². The summed E-state index contributed by atoms with van der Waals surface area (Å²) in [5.41, 5.74) is 1.12. The molecule has 2 rings (SSSR count). The summed E-state index contributed by atoms with van der Waals surface area (Å²) in [5.74, 6) is -1.69. The third kappa shape index (κ3) is 4.96. The van der Waals surface area contributed by atoms with Crippen LogP contribution in [-0.4, -0.2) is 27.9 Å². The molecule has 23 heavy (non-hydrogen) atoms. The average Bonchev–Trinajstić information content (AvgIpc) is 2.59. The maximum atomic E-state index is 12.7. The van der Waals surface area contributed by atoms with Crippen LogP contribution in [0.25, 0.3) is 0 Å². The Balaban J connectivity index is 2.21. The molecule has 0 radical (unpaired) electrons. The Morgan fingerprint density at radius 1 is 0.957 bits per heavy atom. The fraction of sp³-hybridized carbons (Fsp3) is 0.118. The first-order chi connectivity index (χ1) is 11.1. The zero-order chi connectivity index (χ0) is 16.7. The topological polar surface area (TPSA) is 83.5 Å². The Labute approximate surface area is 137 Å². The van der Waals surface area contributed by atoms with E-state index in [-0.39, 0.29) is 11.5 Å². The molecule has 5 nitrogen and oxygen atoms in total. The van der Waals surface area contributed by atoms with Gasteiger partial charge in [-0.25, -0.2) is 0 Å². The average molecular weight is 329 g/mol. The Hall–Kier alpha value is -2.60. The highest BCUT2D eigenvalue weighted by Gasteiger charge is 2.24. The van der Waals surface area contributed by atoms with Gasteiger partial charge in [-0.2, -0.15) is 0 Å². The van der Waals surface area contributed by atoms with Crippen LogP contribution in [0, 0.1) is 0 Å². The van der Waals surface area contributed by atoms with E-state index in [0.29, 0.717) is 22.9 Å². The number of benzene rings is 2. The van der Waals surface area contributed by atoms with Crippen molar-refractivity contribution in [3.63, 3.8) is 0 Å². The second-order valence-corrected chi connectivity index (χ2v) is 5.64. The Morgan fingerprint density at radius 3 is 2.09 bits per heavy atom. The molecular formula is C17H15NO4S. The highest BCUT2D eigenvalue weighted by molar-refractivity contribution is 8.14. The molecular weight excluding hydrogens is 314 g/mol. The van der Waals surface area contributed by atoms with Crippen LogP contribution in [0.3, 0.4) is 0 Å². The number of aliphatic carboxylic acids is 1. The van der Waals surface area contributed by atoms with Crippen molar-refractivity contribution in [2.24, 2.45) is 0 Å². The molecule has 1 unspecified atom stereocenters. The summed E-state index contributed by atoms with van der Waals surface area (Å²) in [4.78, 5) is 35.1. The number of carboxylic acids is 1. The van der Waals surface area contributed by atoms with E-state index >= 15 is 0 Å². The van der Waals surface area contributed by atoms with Crippen molar-refractivity contribution in [3.8, 4) is 0 Å². The predicted molar refractivity (Wildman–Crippen MR) is 88.6 cm³/mol. The molecule has 0 bridgehead atoms. The molecule has 0 aliphatic rings. The second kappa shape index (κ2) is 8.14. The molecule has 2 aromatic rings. The van der Waals surface area contributed by atoms with Gasteiger partial charge in [-0.05, 0) is 5.56 Å². The fourth-order valence-electron chi connectivity index (χ4n) is 2.00. The molecule has 6 heteroatoms. The fourth-order valence-corrected chi connectivity index (χ4v) is 2.46. The number of amides is 1. The van der Waals surface area contributed by atoms with Crippen molar-refractivity contribution >= 4 is 28.8 Å². The lowest BCUT2D eigenvalue weighted by molar-refractivity contribution is -0.133. The standard InChI is InChI=1S/C17H15NO4S/c19-14(20)11-23-17(22)18-15(12-7-3-1-4-8-12)16(21)13-9-5-2-6-10-13/h1-10,15H,11H2,(H,18,22)(H,19,20). The van der Waals surface area contributed by atoms with E-state index in [1.165, 1.54) is 0 Å². The van der Waals surface area contributed by atoms with Gasteiger partial charge < -0.3 is 10.4 Å². The third-order valence-electron chi connectivity index (χ3n) is 3.04. The first-order valence-electron chi connectivity index (χ1n) is 6.87. The molecule has 0 aliphatic carbocycles. The molecule has 0 aliphatic heterocycles. The van der Waals surface area contributed by atoms with Gasteiger partial charge in [0.25, 0.3) is 5.24 Å². The van der Waals surface area contributed by atoms with Crippen LogP contribution in [0.5, 0.6) is 0 Å². The maximum Gasteiger partial charge on any atom is 0.314 e. The van der Waals surface area contributed by atoms with Gasteiger partial charge in [-0.15, -0.1) is 0 Å². The number of hydrogen-bond donors (Lipinski definition) is 2. The summed E-state index contributed by atoms with van der Waals surface area (Å²) < 4.78 is 0. The first kappa shape index (κ1) is 16.8.